The zero-order valence-electron chi connectivity index (χ0n) is 21.2. The zero-order valence-corrected chi connectivity index (χ0v) is 22.1. The molecule has 12 N–H and O–H groups in total. The Hall–Kier alpha value is -3.28. The molecule has 0 aliphatic carbocycles. The Morgan fingerprint density at radius 1 is 1.12 bits per heavy atom. The number of nitrogens with one attached hydrogen (secondary N) is 1. The predicted octanol–water partition coefficient (Wildman–Crippen LogP) is -3.25. The number of phosphoric acid groups is 1. The van der Waals surface area contributed by atoms with Gasteiger partial charge in [-0.15, -0.1) is 0 Å². The van der Waals surface area contributed by atoms with E-state index in [-0.39, 0.29) is 29.6 Å². The Bertz CT molecular complexity index is 1570. The van der Waals surface area contributed by atoms with E-state index in [9.17, 15) is 38.3 Å². The molecule has 0 bridgehead atoms. The molecule has 2 aliphatic rings. The minimum Gasteiger partial charge on any atom is -0.394 e. The number of aromatic nitrogens is 6. The molecule has 0 amide bonds. The molecule has 3 aromatic rings. The minimum atomic E-state index is -4.78. The molecule has 2 aliphatic heterocycles. The number of nitrogen functional groups attached to an aromatic ring is 1. The number of halogens is 2. The van der Waals surface area contributed by atoms with Gasteiger partial charge in [-0.05, 0) is 0 Å². The van der Waals surface area contributed by atoms with Gasteiger partial charge in [-0.2, -0.15) is 18.7 Å². The van der Waals surface area contributed by atoms with Crippen molar-refractivity contribution in [3.63, 3.8) is 0 Å². The van der Waals surface area contributed by atoms with Gasteiger partial charge in [-0.1, -0.05) is 0 Å². The van der Waals surface area contributed by atoms with E-state index >= 15 is 0 Å². The number of hydrogen-bond donors (Lipinski definition) is 9. The van der Waals surface area contributed by atoms with Crippen LogP contribution in [0.2, 0.25) is 0 Å². The van der Waals surface area contributed by atoms with Crippen molar-refractivity contribution in [3.05, 3.63) is 45.3 Å². The Kier molecular flexibility index (Phi) is 10.2. The molecule has 42 heavy (non-hydrogen) atoms. The molecule has 0 aromatic carbocycles. The Balaban J connectivity index is 0.000000238. The van der Waals surface area contributed by atoms with Gasteiger partial charge < -0.3 is 51.6 Å². The first-order valence-corrected chi connectivity index (χ1v) is 13.1. The van der Waals surface area contributed by atoms with Gasteiger partial charge >= 0.3 is 19.6 Å². The molecule has 20 nitrogen and oxygen atoms in total. The number of aliphatic hydroxyl groups excluding tert-OH is 4. The SMILES string of the molecule is N.Nc1nc(F)nc2c1ncn2[C@@H]1O[C@H](COP(=O)(O)O)[C@@H](O)[C@@H]1O.O=c1[nH]c(=O)n([C@H]2C[C@H](O)[C@@H](CO)O2)cc1F. The largest absolute Gasteiger partial charge is 0.469 e. The lowest BCUT2D eigenvalue weighted by molar-refractivity contribution is -0.0504. The van der Waals surface area contributed by atoms with Crippen molar-refractivity contribution in [1.29, 1.82) is 0 Å². The average Bonchev–Trinajstić information content (AvgIpc) is 3.56. The third-order valence-electron chi connectivity index (χ3n) is 6.06. The number of anilines is 1. The number of nitrogens with zero attached hydrogens (tertiary/aromatic N) is 5. The Labute approximate surface area is 231 Å². The first-order chi connectivity index (χ1) is 19.2. The number of H-pyrrole nitrogens is 1. The Morgan fingerprint density at radius 3 is 2.43 bits per heavy atom. The molecule has 2 saturated heterocycles. The number of imidazole rings is 1. The summed E-state index contributed by atoms with van der Waals surface area (Å²) in [6.45, 7) is -1.07. The van der Waals surface area contributed by atoms with E-state index in [1.807, 2.05) is 0 Å². The van der Waals surface area contributed by atoms with Crippen LogP contribution in [0.15, 0.2) is 22.1 Å². The maximum absolute atomic E-state index is 13.3. The monoisotopic (exact) mass is 628 g/mol. The molecule has 7 atom stereocenters. The lowest BCUT2D eigenvalue weighted by Crippen LogP contribution is -2.34. The molecular formula is C19H27F2N8O12P. The summed E-state index contributed by atoms with van der Waals surface area (Å²) in [5, 5.41) is 38.4. The van der Waals surface area contributed by atoms with E-state index < -0.39 is 87.2 Å². The fourth-order valence-electron chi connectivity index (χ4n) is 4.09. The van der Waals surface area contributed by atoms with Gasteiger partial charge in [0.15, 0.2) is 23.2 Å². The molecule has 5 rings (SSSR count). The summed E-state index contributed by atoms with van der Waals surface area (Å²) in [6, 6.07) is 0. The highest BCUT2D eigenvalue weighted by atomic mass is 31.2. The highest BCUT2D eigenvalue weighted by Crippen LogP contribution is 2.39. The zero-order chi connectivity index (χ0) is 30.2. The van der Waals surface area contributed by atoms with E-state index in [1.54, 1.807) is 4.98 Å². The lowest BCUT2D eigenvalue weighted by atomic mass is 10.1. The number of nitrogens with two attached hydrogens (primary N) is 1. The third-order valence-corrected chi connectivity index (χ3v) is 6.54. The average molecular weight is 628 g/mol. The third kappa shape index (κ3) is 7.02. The van der Waals surface area contributed by atoms with Gasteiger partial charge in [0.25, 0.3) is 5.56 Å². The van der Waals surface area contributed by atoms with Crippen LogP contribution in [0.4, 0.5) is 14.6 Å². The number of aromatic amines is 1. The summed E-state index contributed by atoms with van der Waals surface area (Å²) < 4.78 is 53.8. The molecular weight excluding hydrogens is 601 g/mol. The fourth-order valence-corrected chi connectivity index (χ4v) is 4.43. The second kappa shape index (κ2) is 12.9. The number of hydrogen-bond acceptors (Lipinski definition) is 15. The first-order valence-electron chi connectivity index (χ1n) is 11.5. The normalized spacial score (nSPS) is 27.5. The van der Waals surface area contributed by atoms with Gasteiger partial charge in [0.2, 0.25) is 5.82 Å². The van der Waals surface area contributed by atoms with Crippen LogP contribution in [0, 0.1) is 11.9 Å². The van der Waals surface area contributed by atoms with Crippen LogP contribution >= 0.6 is 7.82 Å². The highest BCUT2D eigenvalue weighted by Gasteiger charge is 2.45. The van der Waals surface area contributed by atoms with Crippen molar-refractivity contribution in [3.8, 4) is 0 Å². The summed E-state index contributed by atoms with van der Waals surface area (Å²) in [6.07, 6.45) is -7.36. The molecule has 0 unspecified atom stereocenters. The fraction of sp³-hybridized carbons (Fsp3) is 0.526. The summed E-state index contributed by atoms with van der Waals surface area (Å²) in [5.41, 5.74) is 3.58. The number of fused-ring (bicyclic) bond motifs is 1. The molecule has 2 fully saturated rings. The van der Waals surface area contributed by atoms with E-state index in [2.05, 4.69) is 19.5 Å². The molecule has 0 radical (unpaired) electrons. The predicted molar refractivity (Wildman–Crippen MR) is 132 cm³/mol. The molecule has 0 saturated carbocycles. The number of ether oxygens (including phenoxy) is 2. The molecule has 234 valence electrons. The number of aliphatic hydroxyl groups is 4. The standard InChI is InChI=1S/C10H13FN5O7P.C9H11FN2O5.H3N/c11-10-14-7(12)4-8(15-10)16(2-13-4)9-6(18)5(17)3(23-9)1-22-24(19,20)21;10-4-2-12(9(16)11-8(4)15)7-1-5(14)6(3-13)17-7;/h2-3,5-6,9,17-18H,1H2,(H2,12,14,15)(H2,19,20,21);2,5-7,13-14H,1,3H2,(H,11,15,16);1H3/t3-,5-,6+,9-;5-,6+,7+;/m10./s1. The van der Waals surface area contributed by atoms with Crippen molar-refractivity contribution in [1.82, 2.24) is 35.2 Å². The second-order valence-electron chi connectivity index (χ2n) is 8.79. The second-order valence-corrected chi connectivity index (χ2v) is 10.0. The van der Waals surface area contributed by atoms with Crippen molar-refractivity contribution in [2.75, 3.05) is 18.9 Å². The first kappa shape index (κ1) is 33.2. The van der Waals surface area contributed by atoms with Crippen LogP contribution < -0.4 is 23.1 Å². The maximum atomic E-state index is 13.3. The summed E-state index contributed by atoms with van der Waals surface area (Å²) >= 11 is 0. The molecule has 5 heterocycles. The van der Waals surface area contributed by atoms with Crippen molar-refractivity contribution >= 4 is 24.8 Å². The van der Waals surface area contributed by atoms with Gasteiger partial charge in [0, 0.05) is 6.42 Å². The van der Waals surface area contributed by atoms with Gasteiger partial charge in [0.05, 0.1) is 31.8 Å². The van der Waals surface area contributed by atoms with Crippen LogP contribution in [0.3, 0.4) is 0 Å². The van der Waals surface area contributed by atoms with E-state index in [0.717, 1.165) is 21.7 Å². The summed E-state index contributed by atoms with van der Waals surface area (Å²) in [5.74, 6) is -1.33. The van der Waals surface area contributed by atoms with Crippen LogP contribution in [-0.4, -0.2) is 103 Å². The minimum absolute atomic E-state index is 0. The number of phosphoric ester groups is 1. The molecule has 0 spiro atoms. The van der Waals surface area contributed by atoms with Crippen LogP contribution in [0.25, 0.3) is 11.2 Å². The van der Waals surface area contributed by atoms with E-state index in [4.69, 9.17) is 30.1 Å². The van der Waals surface area contributed by atoms with E-state index in [1.165, 1.54) is 0 Å². The molecule has 23 heteroatoms. The lowest BCUT2D eigenvalue weighted by Gasteiger charge is -2.16. The smallest absolute Gasteiger partial charge is 0.394 e. The highest BCUT2D eigenvalue weighted by molar-refractivity contribution is 7.46. The van der Waals surface area contributed by atoms with Gasteiger partial charge in [0.1, 0.15) is 30.6 Å². The summed E-state index contributed by atoms with van der Waals surface area (Å²) in [7, 11) is -4.78. The maximum Gasteiger partial charge on any atom is 0.469 e. The quantitative estimate of drug-likeness (QED) is 0.0956. The van der Waals surface area contributed by atoms with Crippen molar-refractivity contribution in [2.45, 2.75) is 49.4 Å². The Morgan fingerprint density at radius 2 is 1.81 bits per heavy atom. The van der Waals surface area contributed by atoms with Crippen molar-refractivity contribution in [2.24, 2.45) is 0 Å². The van der Waals surface area contributed by atoms with Crippen molar-refractivity contribution < 1.29 is 57.6 Å². The van der Waals surface area contributed by atoms with Gasteiger partial charge in [-0.3, -0.25) is 23.4 Å². The van der Waals surface area contributed by atoms with Gasteiger partial charge in [-0.25, -0.2) is 14.3 Å². The molecule has 3 aromatic heterocycles. The van der Waals surface area contributed by atoms with E-state index in [0.29, 0.717) is 0 Å². The summed E-state index contributed by atoms with van der Waals surface area (Å²) in [4.78, 5) is 52.1. The number of rotatable bonds is 6. The van der Waals surface area contributed by atoms with Crippen LogP contribution in [-0.2, 0) is 18.6 Å². The van der Waals surface area contributed by atoms with Crippen LogP contribution in [0.1, 0.15) is 18.9 Å². The van der Waals surface area contributed by atoms with Crippen LogP contribution in [0.5, 0.6) is 0 Å². The topological polar surface area (TPSA) is 326 Å².